The van der Waals surface area contributed by atoms with E-state index in [0.29, 0.717) is 6.61 Å². The smallest absolute Gasteiger partial charge is 0.204 e. The zero-order valence-corrected chi connectivity index (χ0v) is 17.8. The first-order valence-electron chi connectivity index (χ1n) is 9.95. The van der Waals surface area contributed by atoms with Gasteiger partial charge in [0.2, 0.25) is 5.95 Å². The van der Waals surface area contributed by atoms with Crippen LogP contribution in [0.15, 0.2) is 77.3 Å². The highest BCUT2D eigenvalue weighted by Crippen LogP contribution is 2.43. The second-order valence-corrected chi connectivity index (χ2v) is 8.18. The summed E-state index contributed by atoms with van der Waals surface area (Å²) in [5, 5.41) is 3.67. The van der Waals surface area contributed by atoms with Crippen molar-refractivity contribution >= 4 is 32.9 Å². The molecule has 2 atom stereocenters. The first kappa shape index (κ1) is 18.3. The van der Waals surface area contributed by atoms with Gasteiger partial charge in [-0.25, -0.2) is 4.98 Å². The maximum atomic E-state index is 5.99. The number of para-hydroxylation sites is 3. The summed E-state index contributed by atoms with van der Waals surface area (Å²) in [6, 6.07) is 25.5. The van der Waals surface area contributed by atoms with Gasteiger partial charge in [0.25, 0.3) is 0 Å². The lowest BCUT2D eigenvalue weighted by Gasteiger charge is -2.34. The highest BCUT2D eigenvalue weighted by atomic mass is 79.9. The molecule has 29 heavy (non-hydrogen) atoms. The van der Waals surface area contributed by atoms with E-state index in [1.54, 1.807) is 0 Å². The fourth-order valence-corrected chi connectivity index (χ4v) is 4.49. The standard InChI is InChI=1S/C24H22BrN3O/c1-2-29-23-10-6-3-7-18(23)22-15-20(16-11-13-17(25)14-12-16)27-24-26-19-8-4-5-9-21(19)28(22)24/h3-14,20,22H,2,15H2,1H3,(H,26,27)/t20-,22-/m0/s1. The Balaban J connectivity index is 1.67. The van der Waals surface area contributed by atoms with Gasteiger partial charge in [0, 0.05) is 10.0 Å². The third-order valence-electron chi connectivity index (χ3n) is 5.52. The molecular weight excluding hydrogens is 426 g/mol. The Morgan fingerprint density at radius 2 is 1.79 bits per heavy atom. The molecule has 0 bridgehead atoms. The molecule has 0 unspecified atom stereocenters. The van der Waals surface area contributed by atoms with Gasteiger partial charge in [-0.3, -0.25) is 0 Å². The molecule has 4 aromatic rings. The molecular formula is C24H22BrN3O. The molecule has 0 spiro atoms. The fraction of sp³-hybridized carbons (Fsp3) is 0.208. The molecule has 2 heterocycles. The van der Waals surface area contributed by atoms with E-state index in [0.717, 1.165) is 33.6 Å². The second kappa shape index (κ2) is 7.56. The maximum absolute atomic E-state index is 5.99. The molecule has 3 aromatic carbocycles. The molecule has 0 saturated carbocycles. The van der Waals surface area contributed by atoms with Crippen molar-refractivity contribution in [1.29, 1.82) is 0 Å². The molecule has 5 heteroatoms. The number of hydrogen-bond donors (Lipinski definition) is 1. The topological polar surface area (TPSA) is 39.1 Å². The van der Waals surface area contributed by atoms with E-state index < -0.39 is 0 Å². The van der Waals surface area contributed by atoms with Gasteiger partial charge in [-0.05, 0) is 49.2 Å². The van der Waals surface area contributed by atoms with E-state index in [1.807, 2.05) is 19.1 Å². The van der Waals surface area contributed by atoms with Crippen LogP contribution in [0.1, 0.15) is 36.6 Å². The number of halogens is 1. The predicted octanol–water partition coefficient (Wildman–Crippen LogP) is 6.34. The van der Waals surface area contributed by atoms with E-state index in [2.05, 4.69) is 86.5 Å². The number of ether oxygens (including phenoxy) is 1. The van der Waals surface area contributed by atoms with Crippen LogP contribution >= 0.6 is 15.9 Å². The van der Waals surface area contributed by atoms with Crippen LogP contribution in [-0.4, -0.2) is 16.2 Å². The highest BCUT2D eigenvalue weighted by molar-refractivity contribution is 9.10. The van der Waals surface area contributed by atoms with E-state index in [4.69, 9.17) is 9.72 Å². The molecule has 4 nitrogen and oxygen atoms in total. The van der Waals surface area contributed by atoms with Crippen LogP contribution in [0.25, 0.3) is 11.0 Å². The summed E-state index contributed by atoms with van der Waals surface area (Å²) in [6.45, 7) is 2.68. The van der Waals surface area contributed by atoms with E-state index >= 15 is 0 Å². The summed E-state index contributed by atoms with van der Waals surface area (Å²) in [7, 11) is 0. The molecule has 1 aliphatic heterocycles. The van der Waals surface area contributed by atoms with Gasteiger partial charge in [-0.15, -0.1) is 0 Å². The summed E-state index contributed by atoms with van der Waals surface area (Å²) >= 11 is 3.54. The van der Waals surface area contributed by atoms with Crippen LogP contribution in [0, 0.1) is 0 Å². The zero-order chi connectivity index (χ0) is 19.8. The van der Waals surface area contributed by atoms with Crippen LogP contribution in [0.3, 0.4) is 0 Å². The van der Waals surface area contributed by atoms with E-state index in [9.17, 15) is 0 Å². The zero-order valence-electron chi connectivity index (χ0n) is 16.2. The quantitative estimate of drug-likeness (QED) is 0.396. The molecule has 1 aliphatic rings. The molecule has 5 rings (SSSR count). The molecule has 0 radical (unpaired) electrons. The van der Waals surface area contributed by atoms with Crippen LogP contribution in [-0.2, 0) is 0 Å². The largest absolute Gasteiger partial charge is 0.494 e. The van der Waals surface area contributed by atoms with Crippen molar-refractivity contribution < 1.29 is 4.74 Å². The number of aromatic nitrogens is 2. The fourth-order valence-electron chi connectivity index (χ4n) is 4.23. The SMILES string of the molecule is CCOc1ccccc1[C@@H]1C[C@@H](c2ccc(Br)cc2)Nc2nc3ccccc3n21. The van der Waals surface area contributed by atoms with Gasteiger partial charge in [0.05, 0.1) is 29.7 Å². The minimum absolute atomic E-state index is 0.134. The predicted molar refractivity (Wildman–Crippen MR) is 121 cm³/mol. The van der Waals surface area contributed by atoms with Gasteiger partial charge in [-0.1, -0.05) is 58.4 Å². The summed E-state index contributed by atoms with van der Waals surface area (Å²) < 4.78 is 9.40. The lowest BCUT2D eigenvalue weighted by Crippen LogP contribution is -2.27. The Kier molecular flexibility index (Phi) is 4.76. The van der Waals surface area contributed by atoms with Gasteiger partial charge >= 0.3 is 0 Å². The number of anilines is 1. The minimum atomic E-state index is 0.134. The van der Waals surface area contributed by atoms with Crippen LogP contribution in [0.4, 0.5) is 5.95 Å². The number of fused-ring (bicyclic) bond motifs is 3. The molecule has 0 saturated heterocycles. The minimum Gasteiger partial charge on any atom is -0.494 e. The van der Waals surface area contributed by atoms with Crippen molar-refractivity contribution in [3.05, 3.63) is 88.4 Å². The average molecular weight is 448 g/mol. The van der Waals surface area contributed by atoms with E-state index in [-0.39, 0.29) is 12.1 Å². The third kappa shape index (κ3) is 3.29. The Labute approximate surface area is 178 Å². The molecule has 146 valence electrons. The lowest BCUT2D eigenvalue weighted by molar-refractivity contribution is 0.329. The normalized spacial score (nSPS) is 18.3. The summed E-state index contributed by atoms with van der Waals surface area (Å²) in [6.07, 6.45) is 0.916. The number of rotatable bonds is 4. The van der Waals surface area contributed by atoms with Crippen molar-refractivity contribution in [2.24, 2.45) is 0 Å². The summed E-state index contributed by atoms with van der Waals surface area (Å²) in [4.78, 5) is 4.90. The van der Waals surface area contributed by atoms with Crippen molar-refractivity contribution in [3.8, 4) is 5.75 Å². The summed E-state index contributed by atoms with van der Waals surface area (Å²) in [5.74, 6) is 1.85. The van der Waals surface area contributed by atoms with Crippen molar-refractivity contribution in [2.75, 3.05) is 11.9 Å². The average Bonchev–Trinajstić information content (AvgIpc) is 3.13. The molecule has 0 aliphatic carbocycles. The van der Waals surface area contributed by atoms with Gasteiger partial charge in [0.1, 0.15) is 5.75 Å². The molecule has 1 N–H and O–H groups in total. The van der Waals surface area contributed by atoms with Crippen molar-refractivity contribution in [1.82, 2.24) is 9.55 Å². The van der Waals surface area contributed by atoms with E-state index in [1.165, 1.54) is 11.1 Å². The van der Waals surface area contributed by atoms with Crippen LogP contribution in [0.2, 0.25) is 0 Å². The van der Waals surface area contributed by atoms with Gasteiger partial charge in [0.15, 0.2) is 0 Å². The first-order chi connectivity index (χ1) is 14.2. The number of nitrogens with one attached hydrogen (secondary N) is 1. The lowest BCUT2D eigenvalue weighted by atomic mass is 9.92. The van der Waals surface area contributed by atoms with Crippen LogP contribution < -0.4 is 10.1 Å². The maximum Gasteiger partial charge on any atom is 0.204 e. The Bertz CT molecular complexity index is 1150. The highest BCUT2D eigenvalue weighted by Gasteiger charge is 2.32. The number of benzene rings is 3. The van der Waals surface area contributed by atoms with Crippen molar-refractivity contribution in [2.45, 2.75) is 25.4 Å². The monoisotopic (exact) mass is 447 g/mol. The van der Waals surface area contributed by atoms with Gasteiger partial charge in [-0.2, -0.15) is 0 Å². The molecule has 0 amide bonds. The Morgan fingerprint density at radius 3 is 2.62 bits per heavy atom. The number of imidazole rings is 1. The molecule has 0 fully saturated rings. The van der Waals surface area contributed by atoms with Crippen molar-refractivity contribution in [3.63, 3.8) is 0 Å². The third-order valence-corrected chi connectivity index (χ3v) is 6.05. The number of nitrogens with zero attached hydrogens (tertiary/aromatic N) is 2. The van der Waals surface area contributed by atoms with Gasteiger partial charge < -0.3 is 14.6 Å². The Hall–Kier alpha value is -2.79. The number of hydrogen-bond acceptors (Lipinski definition) is 3. The Morgan fingerprint density at radius 1 is 1.03 bits per heavy atom. The molecule has 1 aromatic heterocycles. The first-order valence-corrected chi connectivity index (χ1v) is 10.7. The summed E-state index contributed by atoms with van der Waals surface area (Å²) in [5.41, 5.74) is 4.60. The second-order valence-electron chi connectivity index (χ2n) is 7.26. The van der Waals surface area contributed by atoms with Crippen LogP contribution in [0.5, 0.6) is 5.75 Å².